The lowest BCUT2D eigenvalue weighted by molar-refractivity contribution is -0.121. The standard InChI is InChI=1S/C20H30N4O4/c1-3-15(4-2)16(24-9-12-26-13-10-24)14-21-18(25)7-8-19-22-20(23-28-19)17-6-5-11-27-17/h5-6,11,15-16H,3-4,7-10,12-14H2,1-2H3,(H,21,25). The molecule has 0 radical (unpaired) electrons. The van der Waals surface area contributed by atoms with Gasteiger partial charge in [0.2, 0.25) is 17.6 Å². The van der Waals surface area contributed by atoms with Crippen molar-refractivity contribution in [1.29, 1.82) is 0 Å². The number of aromatic nitrogens is 2. The highest BCUT2D eigenvalue weighted by molar-refractivity contribution is 5.76. The summed E-state index contributed by atoms with van der Waals surface area (Å²) in [6, 6.07) is 3.88. The molecule has 1 aliphatic heterocycles. The number of nitrogens with zero attached hydrogens (tertiary/aromatic N) is 3. The van der Waals surface area contributed by atoms with Gasteiger partial charge >= 0.3 is 0 Å². The lowest BCUT2D eigenvalue weighted by Crippen LogP contribution is -2.52. The summed E-state index contributed by atoms with van der Waals surface area (Å²) in [5.74, 6) is 1.96. The Morgan fingerprint density at radius 1 is 1.29 bits per heavy atom. The number of morpholine rings is 1. The van der Waals surface area contributed by atoms with Crippen LogP contribution in [0.25, 0.3) is 11.6 Å². The number of rotatable bonds is 10. The maximum Gasteiger partial charge on any atom is 0.238 e. The van der Waals surface area contributed by atoms with Gasteiger partial charge in [0.05, 0.1) is 19.5 Å². The Hall–Kier alpha value is -2.19. The Morgan fingerprint density at radius 2 is 2.07 bits per heavy atom. The first-order chi connectivity index (χ1) is 13.7. The van der Waals surface area contributed by atoms with Gasteiger partial charge in [-0.3, -0.25) is 9.69 Å². The Bertz CT molecular complexity index is 706. The van der Waals surface area contributed by atoms with E-state index in [1.54, 1.807) is 18.4 Å². The van der Waals surface area contributed by atoms with Gasteiger partial charge in [-0.15, -0.1) is 0 Å². The first kappa shape index (κ1) is 20.5. The summed E-state index contributed by atoms with van der Waals surface area (Å²) >= 11 is 0. The van der Waals surface area contributed by atoms with Crippen LogP contribution in [0, 0.1) is 5.92 Å². The Labute approximate surface area is 165 Å². The van der Waals surface area contributed by atoms with Crippen molar-refractivity contribution in [2.24, 2.45) is 5.92 Å². The van der Waals surface area contributed by atoms with E-state index in [0.29, 0.717) is 48.8 Å². The third-order valence-electron chi connectivity index (χ3n) is 5.39. The molecule has 8 nitrogen and oxygen atoms in total. The fourth-order valence-corrected chi connectivity index (χ4v) is 3.73. The molecule has 1 N–H and O–H groups in total. The SMILES string of the molecule is CCC(CC)C(CNC(=O)CCc1nc(-c2ccco2)no1)N1CCOCC1. The van der Waals surface area contributed by atoms with E-state index in [0.717, 1.165) is 39.1 Å². The van der Waals surface area contributed by atoms with Crippen LogP contribution in [-0.4, -0.2) is 59.8 Å². The molecule has 1 atom stereocenters. The van der Waals surface area contributed by atoms with Crippen molar-refractivity contribution in [2.75, 3.05) is 32.8 Å². The van der Waals surface area contributed by atoms with Crippen LogP contribution in [0.4, 0.5) is 0 Å². The number of ether oxygens (including phenoxy) is 1. The molecule has 0 aromatic carbocycles. The maximum atomic E-state index is 12.4. The van der Waals surface area contributed by atoms with E-state index in [2.05, 4.69) is 34.2 Å². The van der Waals surface area contributed by atoms with E-state index in [1.165, 1.54) is 0 Å². The summed E-state index contributed by atoms with van der Waals surface area (Å²) in [6.07, 6.45) is 4.49. The van der Waals surface area contributed by atoms with Crippen LogP contribution in [0.2, 0.25) is 0 Å². The van der Waals surface area contributed by atoms with E-state index in [1.807, 2.05) is 0 Å². The third kappa shape index (κ3) is 5.42. The number of carbonyl (C=O) groups is 1. The molecule has 1 aliphatic rings. The zero-order chi connectivity index (χ0) is 19.8. The number of carbonyl (C=O) groups excluding carboxylic acids is 1. The van der Waals surface area contributed by atoms with Crippen molar-refractivity contribution < 1.29 is 18.5 Å². The average Bonchev–Trinajstić information content (AvgIpc) is 3.42. The zero-order valence-corrected chi connectivity index (χ0v) is 16.7. The Kier molecular flexibility index (Phi) is 7.62. The molecule has 8 heteroatoms. The molecular weight excluding hydrogens is 360 g/mol. The molecule has 0 spiro atoms. The molecule has 0 bridgehead atoms. The van der Waals surface area contributed by atoms with Crippen LogP contribution in [0.5, 0.6) is 0 Å². The normalized spacial score (nSPS) is 16.4. The highest BCUT2D eigenvalue weighted by Crippen LogP contribution is 2.20. The largest absolute Gasteiger partial charge is 0.461 e. The fourth-order valence-electron chi connectivity index (χ4n) is 3.73. The number of hydrogen-bond acceptors (Lipinski definition) is 7. The highest BCUT2D eigenvalue weighted by atomic mass is 16.5. The quantitative estimate of drug-likeness (QED) is 0.666. The molecule has 1 saturated heterocycles. The second kappa shape index (κ2) is 10.4. The molecule has 28 heavy (non-hydrogen) atoms. The van der Waals surface area contributed by atoms with Gasteiger partial charge < -0.3 is 19.0 Å². The van der Waals surface area contributed by atoms with E-state index in [9.17, 15) is 4.79 Å². The lowest BCUT2D eigenvalue weighted by Gasteiger charge is -2.38. The summed E-state index contributed by atoms with van der Waals surface area (Å²) < 4.78 is 15.9. The van der Waals surface area contributed by atoms with Crippen molar-refractivity contribution in [3.63, 3.8) is 0 Å². The molecule has 3 rings (SSSR count). The van der Waals surface area contributed by atoms with E-state index >= 15 is 0 Å². The van der Waals surface area contributed by atoms with Crippen molar-refractivity contribution in [1.82, 2.24) is 20.4 Å². The van der Waals surface area contributed by atoms with Gasteiger partial charge in [-0.2, -0.15) is 4.98 Å². The Balaban J connectivity index is 1.48. The molecule has 3 heterocycles. The highest BCUT2D eigenvalue weighted by Gasteiger charge is 2.27. The number of aryl methyl sites for hydroxylation is 1. The molecule has 0 saturated carbocycles. The van der Waals surface area contributed by atoms with Crippen LogP contribution >= 0.6 is 0 Å². The van der Waals surface area contributed by atoms with Gasteiger partial charge in [-0.1, -0.05) is 31.8 Å². The molecule has 1 amide bonds. The number of nitrogens with one attached hydrogen (secondary N) is 1. The minimum atomic E-state index is 0.00182. The minimum Gasteiger partial charge on any atom is -0.461 e. The first-order valence-electron chi connectivity index (χ1n) is 10.2. The van der Waals surface area contributed by atoms with Gasteiger partial charge in [-0.05, 0) is 18.1 Å². The molecule has 154 valence electrons. The predicted molar refractivity (Wildman–Crippen MR) is 104 cm³/mol. The third-order valence-corrected chi connectivity index (χ3v) is 5.39. The average molecular weight is 390 g/mol. The van der Waals surface area contributed by atoms with Crippen molar-refractivity contribution >= 4 is 5.91 Å². The number of furan rings is 1. The minimum absolute atomic E-state index is 0.00182. The Morgan fingerprint density at radius 3 is 2.75 bits per heavy atom. The van der Waals surface area contributed by atoms with Crippen LogP contribution in [0.1, 0.15) is 39.0 Å². The van der Waals surface area contributed by atoms with Gasteiger partial charge in [0.1, 0.15) is 0 Å². The van der Waals surface area contributed by atoms with Crippen molar-refractivity contribution in [3.05, 3.63) is 24.3 Å². The monoisotopic (exact) mass is 390 g/mol. The smallest absolute Gasteiger partial charge is 0.238 e. The molecule has 0 aliphatic carbocycles. The van der Waals surface area contributed by atoms with E-state index < -0.39 is 0 Å². The predicted octanol–water partition coefficient (Wildman–Crippen LogP) is 2.52. The summed E-state index contributed by atoms with van der Waals surface area (Å²) in [4.78, 5) is 19.1. The fraction of sp³-hybridized carbons (Fsp3) is 0.650. The number of hydrogen-bond donors (Lipinski definition) is 1. The van der Waals surface area contributed by atoms with Gasteiger partial charge in [0.15, 0.2) is 5.76 Å². The summed E-state index contributed by atoms with van der Waals surface area (Å²) in [5, 5.41) is 6.99. The first-order valence-corrected chi connectivity index (χ1v) is 10.2. The summed E-state index contributed by atoms with van der Waals surface area (Å²) in [7, 11) is 0. The second-order valence-electron chi connectivity index (χ2n) is 7.09. The number of amides is 1. The van der Waals surface area contributed by atoms with Gasteiger partial charge in [0, 0.05) is 38.5 Å². The summed E-state index contributed by atoms with van der Waals surface area (Å²) in [5.41, 5.74) is 0. The second-order valence-corrected chi connectivity index (χ2v) is 7.09. The topological polar surface area (TPSA) is 93.6 Å². The van der Waals surface area contributed by atoms with E-state index in [-0.39, 0.29) is 5.91 Å². The van der Waals surface area contributed by atoms with Crippen LogP contribution < -0.4 is 5.32 Å². The van der Waals surface area contributed by atoms with E-state index in [4.69, 9.17) is 13.7 Å². The van der Waals surface area contributed by atoms with Crippen LogP contribution in [0.3, 0.4) is 0 Å². The van der Waals surface area contributed by atoms with Crippen molar-refractivity contribution in [3.8, 4) is 11.6 Å². The van der Waals surface area contributed by atoms with Crippen LogP contribution in [-0.2, 0) is 16.0 Å². The maximum absolute atomic E-state index is 12.4. The molecular formula is C20H30N4O4. The lowest BCUT2D eigenvalue weighted by atomic mass is 9.92. The van der Waals surface area contributed by atoms with Gasteiger partial charge in [-0.25, -0.2) is 0 Å². The van der Waals surface area contributed by atoms with Crippen molar-refractivity contribution in [2.45, 2.75) is 45.6 Å². The van der Waals surface area contributed by atoms with Crippen LogP contribution in [0.15, 0.2) is 27.3 Å². The molecule has 1 fully saturated rings. The molecule has 2 aromatic rings. The van der Waals surface area contributed by atoms with Gasteiger partial charge in [0.25, 0.3) is 0 Å². The summed E-state index contributed by atoms with van der Waals surface area (Å²) in [6.45, 7) is 8.47. The molecule has 2 aromatic heterocycles. The zero-order valence-electron chi connectivity index (χ0n) is 16.7. The molecule has 1 unspecified atom stereocenters.